The Labute approximate surface area is 228 Å². The fraction of sp³-hybridized carbons (Fsp3) is 0.323. The van der Waals surface area contributed by atoms with Crippen molar-refractivity contribution in [3.63, 3.8) is 0 Å². The fourth-order valence-electron chi connectivity index (χ4n) is 5.39. The third-order valence-corrected chi connectivity index (χ3v) is 7.59. The van der Waals surface area contributed by atoms with Crippen molar-refractivity contribution < 1.29 is 4.79 Å². The first-order chi connectivity index (χ1) is 18.5. The summed E-state index contributed by atoms with van der Waals surface area (Å²) in [5.74, 6) is 0.453. The Bertz CT molecular complexity index is 1470. The highest BCUT2D eigenvalue weighted by Crippen LogP contribution is 2.29. The number of amides is 1. The van der Waals surface area contributed by atoms with E-state index in [-0.39, 0.29) is 11.5 Å². The van der Waals surface area contributed by atoms with Gasteiger partial charge in [-0.25, -0.2) is 4.68 Å². The van der Waals surface area contributed by atoms with Gasteiger partial charge in [-0.1, -0.05) is 54.1 Å². The number of nitrogens with one attached hydrogen (secondary N) is 1. The van der Waals surface area contributed by atoms with Crippen molar-refractivity contribution in [2.75, 3.05) is 25.0 Å². The number of nitrogens with zero attached hydrogens (tertiary/aromatic N) is 3. The molecule has 7 heteroatoms. The molecule has 1 N–H and O–H groups in total. The molecule has 4 aromatic rings. The van der Waals surface area contributed by atoms with Crippen LogP contribution in [0.25, 0.3) is 10.8 Å². The Morgan fingerprint density at radius 2 is 1.71 bits per heavy atom. The van der Waals surface area contributed by atoms with Gasteiger partial charge in [0.2, 0.25) is 5.91 Å². The van der Waals surface area contributed by atoms with Crippen molar-refractivity contribution >= 4 is 34.0 Å². The van der Waals surface area contributed by atoms with Crippen LogP contribution in [0, 0.1) is 0 Å². The number of benzene rings is 3. The summed E-state index contributed by atoms with van der Waals surface area (Å²) >= 11 is 6.06. The van der Waals surface area contributed by atoms with E-state index in [1.807, 2.05) is 60.7 Å². The molecule has 6 nitrogen and oxygen atoms in total. The zero-order valence-corrected chi connectivity index (χ0v) is 22.5. The van der Waals surface area contributed by atoms with E-state index in [2.05, 4.69) is 22.3 Å². The number of hydrogen-bond donors (Lipinski definition) is 1. The molecule has 1 aliphatic heterocycles. The van der Waals surface area contributed by atoms with Crippen LogP contribution in [0.4, 0.5) is 5.69 Å². The number of anilines is 1. The number of piperidine rings is 1. The zero-order valence-electron chi connectivity index (χ0n) is 21.7. The lowest BCUT2D eigenvalue weighted by Gasteiger charge is -2.32. The van der Waals surface area contributed by atoms with Crippen molar-refractivity contribution in [1.29, 1.82) is 0 Å². The highest BCUT2D eigenvalue weighted by molar-refractivity contribution is 6.30. The number of aromatic nitrogens is 2. The van der Waals surface area contributed by atoms with Gasteiger partial charge in [0.25, 0.3) is 5.56 Å². The monoisotopic (exact) mass is 528 g/mol. The summed E-state index contributed by atoms with van der Waals surface area (Å²) in [6, 6.07) is 23.7. The second-order valence-corrected chi connectivity index (χ2v) is 10.5. The van der Waals surface area contributed by atoms with Gasteiger partial charge in [-0.3, -0.25) is 9.59 Å². The maximum Gasteiger partial charge on any atom is 0.274 e. The van der Waals surface area contributed by atoms with E-state index >= 15 is 0 Å². The third-order valence-electron chi connectivity index (χ3n) is 7.34. The molecule has 0 saturated carbocycles. The van der Waals surface area contributed by atoms with Crippen molar-refractivity contribution in [3.05, 3.63) is 105 Å². The Hall–Kier alpha value is -3.48. The van der Waals surface area contributed by atoms with Crippen LogP contribution in [0.5, 0.6) is 0 Å². The summed E-state index contributed by atoms with van der Waals surface area (Å²) in [5, 5.41) is 10.0. The van der Waals surface area contributed by atoms with Gasteiger partial charge >= 0.3 is 0 Å². The Kier molecular flexibility index (Phi) is 8.20. The van der Waals surface area contributed by atoms with Gasteiger partial charge < -0.3 is 10.2 Å². The summed E-state index contributed by atoms with van der Waals surface area (Å²) in [6.45, 7) is 5.11. The molecule has 5 rings (SSSR count). The molecule has 3 aromatic carbocycles. The lowest BCUT2D eigenvalue weighted by atomic mass is 9.89. The minimum absolute atomic E-state index is 0.0294. The smallest absolute Gasteiger partial charge is 0.274 e. The second-order valence-electron chi connectivity index (χ2n) is 10.1. The topological polar surface area (TPSA) is 67.2 Å². The van der Waals surface area contributed by atoms with E-state index in [0.29, 0.717) is 29.3 Å². The molecular weight excluding hydrogens is 496 g/mol. The molecule has 1 amide bonds. The predicted octanol–water partition coefficient (Wildman–Crippen LogP) is 5.87. The SMILES string of the molecule is CC(=O)Nc1cccc(C2CCN(CCCn3nc(Cc4ccc(Cl)cc4)c4ccccc4c3=O)CC2)c1. The first-order valence-corrected chi connectivity index (χ1v) is 13.7. The van der Waals surface area contributed by atoms with Gasteiger partial charge in [0, 0.05) is 36.0 Å². The number of likely N-dealkylation sites (tertiary alicyclic amines) is 1. The van der Waals surface area contributed by atoms with Crippen LogP contribution in [0.15, 0.2) is 77.6 Å². The van der Waals surface area contributed by atoms with Crippen LogP contribution in [-0.4, -0.2) is 40.2 Å². The maximum absolute atomic E-state index is 13.2. The number of aryl methyl sites for hydroxylation is 1. The molecule has 1 saturated heterocycles. The van der Waals surface area contributed by atoms with Gasteiger partial charge in [0.15, 0.2) is 0 Å². The first kappa shape index (κ1) is 26.1. The number of fused-ring (bicyclic) bond motifs is 1. The summed E-state index contributed by atoms with van der Waals surface area (Å²) in [5.41, 5.74) is 4.14. The van der Waals surface area contributed by atoms with Gasteiger partial charge in [-0.2, -0.15) is 5.10 Å². The standard InChI is InChI=1S/C31H33ClN4O2/c1-22(37)33-27-7-4-6-25(21-27)24-14-18-35(19-15-24)16-5-17-36-31(38)29-9-3-2-8-28(29)30(34-36)20-23-10-12-26(32)13-11-23/h2-4,6-13,21,24H,5,14-20H2,1H3,(H,33,37). The summed E-state index contributed by atoms with van der Waals surface area (Å²) in [7, 11) is 0. The number of halogens is 1. The first-order valence-electron chi connectivity index (χ1n) is 13.3. The van der Waals surface area contributed by atoms with E-state index in [1.165, 1.54) is 12.5 Å². The van der Waals surface area contributed by atoms with Crippen LogP contribution < -0.4 is 10.9 Å². The molecule has 1 aromatic heterocycles. The second kappa shape index (κ2) is 11.9. The van der Waals surface area contributed by atoms with E-state index in [0.717, 1.165) is 61.2 Å². The largest absolute Gasteiger partial charge is 0.326 e. The van der Waals surface area contributed by atoms with Crippen LogP contribution in [0.2, 0.25) is 5.02 Å². The summed E-state index contributed by atoms with van der Waals surface area (Å²) in [4.78, 5) is 27.1. The molecular formula is C31H33ClN4O2. The number of carbonyl (C=O) groups excluding carboxylic acids is 1. The van der Waals surface area contributed by atoms with Crippen molar-refractivity contribution in [2.45, 2.75) is 45.1 Å². The molecule has 38 heavy (non-hydrogen) atoms. The fourth-order valence-corrected chi connectivity index (χ4v) is 5.52. The van der Waals surface area contributed by atoms with E-state index in [1.54, 1.807) is 4.68 Å². The third kappa shape index (κ3) is 6.32. The molecule has 1 aliphatic rings. The molecule has 0 radical (unpaired) electrons. The van der Waals surface area contributed by atoms with Crippen LogP contribution >= 0.6 is 11.6 Å². The normalized spacial score (nSPS) is 14.6. The minimum Gasteiger partial charge on any atom is -0.326 e. The minimum atomic E-state index is -0.0471. The number of carbonyl (C=O) groups is 1. The van der Waals surface area contributed by atoms with Crippen LogP contribution in [0.1, 0.15) is 48.9 Å². The highest BCUT2D eigenvalue weighted by Gasteiger charge is 2.21. The zero-order chi connectivity index (χ0) is 26.5. The number of hydrogen-bond acceptors (Lipinski definition) is 4. The molecule has 0 bridgehead atoms. The van der Waals surface area contributed by atoms with Crippen molar-refractivity contribution in [1.82, 2.24) is 14.7 Å². The molecule has 196 valence electrons. The van der Waals surface area contributed by atoms with E-state index in [4.69, 9.17) is 16.7 Å². The molecule has 1 fully saturated rings. The van der Waals surface area contributed by atoms with Crippen LogP contribution in [0.3, 0.4) is 0 Å². The van der Waals surface area contributed by atoms with Gasteiger partial charge in [0.05, 0.1) is 11.1 Å². The lowest BCUT2D eigenvalue weighted by Crippen LogP contribution is -2.35. The molecule has 0 unspecified atom stereocenters. The summed E-state index contributed by atoms with van der Waals surface area (Å²) in [6.07, 6.45) is 3.69. The Morgan fingerprint density at radius 1 is 0.974 bits per heavy atom. The molecule has 0 aliphatic carbocycles. The summed E-state index contributed by atoms with van der Waals surface area (Å²) < 4.78 is 1.65. The van der Waals surface area contributed by atoms with E-state index < -0.39 is 0 Å². The Balaban J connectivity index is 1.21. The van der Waals surface area contributed by atoms with Gasteiger partial charge in [-0.05, 0) is 86.3 Å². The Morgan fingerprint density at radius 3 is 2.45 bits per heavy atom. The molecule has 0 spiro atoms. The quantitative estimate of drug-likeness (QED) is 0.310. The molecule has 2 heterocycles. The van der Waals surface area contributed by atoms with E-state index in [9.17, 15) is 9.59 Å². The maximum atomic E-state index is 13.2. The molecule has 0 atom stereocenters. The van der Waals surface area contributed by atoms with Gasteiger partial charge in [0.1, 0.15) is 0 Å². The van der Waals surface area contributed by atoms with Crippen LogP contribution in [-0.2, 0) is 17.8 Å². The average Bonchev–Trinajstić information content (AvgIpc) is 2.92. The number of rotatable bonds is 8. The van der Waals surface area contributed by atoms with Crippen molar-refractivity contribution in [2.24, 2.45) is 0 Å². The van der Waals surface area contributed by atoms with Gasteiger partial charge in [-0.15, -0.1) is 0 Å². The highest BCUT2D eigenvalue weighted by atomic mass is 35.5. The van der Waals surface area contributed by atoms with Crippen molar-refractivity contribution in [3.8, 4) is 0 Å². The average molecular weight is 529 g/mol. The predicted molar refractivity (Wildman–Crippen MR) is 154 cm³/mol. The lowest BCUT2D eigenvalue weighted by molar-refractivity contribution is -0.114.